The van der Waals surface area contributed by atoms with Gasteiger partial charge in [0.15, 0.2) is 0 Å². The molecule has 7 heteroatoms. The van der Waals surface area contributed by atoms with Crippen molar-refractivity contribution >= 4 is 34.1 Å². The molecule has 0 radical (unpaired) electrons. The first-order chi connectivity index (χ1) is 14.2. The summed E-state index contributed by atoms with van der Waals surface area (Å²) in [6.07, 6.45) is -0.917. The van der Waals surface area contributed by atoms with Crippen LogP contribution in [0.2, 0.25) is 0 Å². The average Bonchev–Trinajstić information content (AvgIpc) is 2.72. The highest BCUT2D eigenvalue weighted by molar-refractivity contribution is 9.10. The van der Waals surface area contributed by atoms with Crippen molar-refractivity contribution in [2.24, 2.45) is 0 Å². The molecule has 0 aromatic heterocycles. The number of benzene rings is 3. The van der Waals surface area contributed by atoms with Crippen molar-refractivity contribution in [3.8, 4) is 16.9 Å². The zero-order valence-corrected chi connectivity index (χ0v) is 17.3. The molecule has 0 aliphatic rings. The van der Waals surface area contributed by atoms with Crippen LogP contribution in [0.25, 0.3) is 23.3 Å². The minimum Gasteiger partial charge on any atom is -0.465 e. The highest BCUT2D eigenvalue weighted by atomic mass is 79.9. The van der Waals surface area contributed by atoms with Crippen LogP contribution in [0.4, 0.5) is 13.2 Å². The number of carbonyl (C=O) groups excluding carboxylic acids is 1. The molecule has 0 saturated heterocycles. The molecule has 0 N–H and O–H groups in total. The number of esters is 1. The maximum Gasteiger partial charge on any atom is 0.573 e. The zero-order valence-electron chi connectivity index (χ0n) is 15.7. The van der Waals surface area contributed by atoms with Crippen LogP contribution in [0.3, 0.4) is 0 Å². The monoisotopic (exact) mass is 476 g/mol. The molecule has 0 aliphatic heterocycles. The molecule has 0 bridgehead atoms. The van der Waals surface area contributed by atoms with Gasteiger partial charge in [0.25, 0.3) is 0 Å². The van der Waals surface area contributed by atoms with E-state index in [1.54, 1.807) is 36.4 Å². The summed E-state index contributed by atoms with van der Waals surface area (Å²) < 4.78 is 46.4. The van der Waals surface area contributed by atoms with Gasteiger partial charge in [-0.05, 0) is 58.7 Å². The molecule has 30 heavy (non-hydrogen) atoms. The van der Waals surface area contributed by atoms with E-state index in [1.807, 2.05) is 30.4 Å². The number of alkyl halides is 3. The Morgan fingerprint density at radius 3 is 2.13 bits per heavy atom. The second-order valence-corrected chi connectivity index (χ2v) is 7.11. The predicted molar refractivity (Wildman–Crippen MR) is 113 cm³/mol. The van der Waals surface area contributed by atoms with Gasteiger partial charge in [-0.3, -0.25) is 0 Å². The van der Waals surface area contributed by atoms with Gasteiger partial charge in [-0.2, -0.15) is 0 Å². The maximum atomic E-state index is 12.3. The van der Waals surface area contributed by atoms with Crippen LogP contribution in [0.1, 0.15) is 21.5 Å². The van der Waals surface area contributed by atoms with Gasteiger partial charge in [-0.1, -0.05) is 58.4 Å². The summed E-state index contributed by atoms with van der Waals surface area (Å²) >= 11 is 3.50. The smallest absolute Gasteiger partial charge is 0.465 e. The number of hydrogen-bond acceptors (Lipinski definition) is 3. The molecule has 0 spiro atoms. The van der Waals surface area contributed by atoms with E-state index in [0.717, 1.165) is 26.7 Å². The summed E-state index contributed by atoms with van der Waals surface area (Å²) in [5, 5.41) is 0. The van der Waals surface area contributed by atoms with Gasteiger partial charge in [-0.15, -0.1) is 13.2 Å². The number of halogens is 4. The lowest BCUT2D eigenvalue weighted by atomic mass is 10.0. The third kappa shape index (κ3) is 5.73. The highest BCUT2D eigenvalue weighted by Crippen LogP contribution is 2.29. The van der Waals surface area contributed by atoms with Crippen LogP contribution in [-0.2, 0) is 4.74 Å². The number of ether oxygens (including phenoxy) is 2. The van der Waals surface area contributed by atoms with E-state index >= 15 is 0 Å². The first kappa shape index (κ1) is 21.6. The van der Waals surface area contributed by atoms with Crippen molar-refractivity contribution in [2.75, 3.05) is 7.11 Å². The summed E-state index contributed by atoms with van der Waals surface area (Å²) in [6.45, 7) is 0. The molecule has 154 valence electrons. The lowest BCUT2D eigenvalue weighted by Gasteiger charge is -2.10. The SMILES string of the molecule is COC(=O)c1ccc(C=Cc2cc(-c3ccc(OC(F)(F)F)cc3)ccc2Br)cc1. The first-order valence-electron chi connectivity index (χ1n) is 8.77. The van der Waals surface area contributed by atoms with Crippen molar-refractivity contribution in [1.82, 2.24) is 0 Å². The molecule has 0 atom stereocenters. The Morgan fingerprint density at radius 2 is 1.53 bits per heavy atom. The number of methoxy groups -OCH3 is 1. The molecule has 0 amide bonds. The van der Waals surface area contributed by atoms with E-state index in [2.05, 4.69) is 25.4 Å². The second kappa shape index (κ2) is 9.17. The van der Waals surface area contributed by atoms with Crippen molar-refractivity contribution in [2.45, 2.75) is 6.36 Å². The summed E-state index contributed by atoms with van der Waals surface area (Å²) in [5.74, 6) is -0.661. The molecule has 0 saturated carbocycles. The quantitative estimate of drug-likeness (QED) is 0.294. The molecule has 3 aromatic carbocycles. The van der Waals surface area contributed by atoms with E-state index in [0.29, 0.717) is 5.56 Å². The normalized spacial score (nSPS) is 11.5. The first-order valence-corrected chi connectivity index (χ1v) is 9.57. The van der Waals surface area contributed by atoms with Crippen LogP contribution in [0.15, 0.2) is 71.2 Å². The molecular weight excluding hydrogens is 461 g/mol. The third-order valence-electron chi connectivity index (χ3n) is 4.20. The van der Waals surface area contributed by atoms with E-state index in [9.17, 15) is 18.0 Å². The van der Waals surface area contributed by atoms with Crippen LogP contribution < -0.4 is 4.74 Å². The zero-order chi connectivity index (χ0) is 21.7. The molecule has 0 heterocycles. The molecule has 3 rings (SSSR count). The minimum absolute atomic E-state index is 0.265. The predicted octanol–water partition coefficient (Wildman–Crippen LogP) is 6.97. The van der Waals surface area contributed by atoms with Crippen molar-refractivity contribution < 1.29 is 27.4 Å². The van der Waals surface area contributed by atoms with Crippen LogP contribution in [0, 0.1) is 0 Å². The van der Waals surface area contributed by atoms with E-state index in [1.165, 1.54) is 19.2 Å². The standard InChI is InChI=1S/C23H16BrF3O3/c1-29-22(28)17-5-2-15(3-6-17)4-7-19-14-18(10-13-21(19)24)16-8-11-20(12-9-16)30-23(25,26)27/h2-14H,1H3. The molecule has 3 nitrogen and oxygen atoms in total. The fraction of sp³-hybridized carbons (Fsp3) is 0.0870. The molecule has 0 aliphatic carbocycles. The Balaban J connectivity index is 1.80. The molecule has 0 unspecified atom stereocenters. The lowest BCUT2D eigenvalue weighted by molar-refractivity contribution is -0.274. The fourth-order valence-corrected chi connectivity index (χ4v) is 3.11. The number of carbonyl (C=O) groups is 1. The van der Waals surface area contributed by atoms with E-state index in [-0.39, 0.29) is 5.75 Å². The van der Waals surface area contributed by atoms with Gasteiger partial charge >= 0.3 is 12.3 Å². The van der Waals surface area contributed by atoms with Gasteiger partial charge < -0.3 is 9.47 Å². The van der Waals surface area contributed by atoms with Crippen molar-refractivity contribution in [1.29, 1.82) is 0 Å². The van der Waals surface area contributed by atoms with E-state index in [4.69, 9.17) is 0 Å². The molecule has 3 aromatic rings. The lowest BCUT2D eigenvalue weighted by Crippen LogP contribution is -2.16. The van der Waals surface area contributed by atoms with Gasteiger partial charge in [0, 0.05) is 4.47 Å². The minimum atomic E-state index is -4.72. The van der Waals surface area contributed by atoms with Gasteiger partial charge in [0.2, 0.25) is 0 Å². The Kier molecular flexibility index (Phi) is 6.62. The Bertz CT molecular complexity index is 1060. The van der Waals surface area contributed by atoms with Crippen molar-refractivity contribution in [3.05, 3.63) is 87.9 Å². The largest absolute Gasteiger partial charge is 0.573 e. The Morgan fingerprint density at radius 1 is 0.900 bits per heavy atom. The Hall–Kier alpha value is -3.06. The highest BCUT2D eigenvalue weighted by Gasteiger charge is 2.30. The van der Waals surface area contributed by atoms with Crippen LogP contribution in [-0.4, -0.2) is 19.4 Å². The number of rotatable bonds is 5. The average molecular weight is 477 g/mol. The van der Waals surface area contributed by atoms with Gasteiger partial charge in [0.05, 0.1) is 12.7 Å². The van der Waals surface area contributed by atoms with Gasteiger partial charge in [-0.25, -0.2) is 4.79 Å². The second-order valence-electron chi connectivity index (χ2n) is 6.26. The fourth-order valence-electron chi connectivity index (χ4n) is 2.73. The van der Waals surface area contributed by atoms with Crippen molar-refractivity contribution in [3.63, 3.8) is 0 Å². The summed E-state index contributed by atoms with van der Waals surface area (Å²) in [7, 11) is 1.33. The third-order valence-corrected chi connectivity index (χ3v) is 4.93. The maximum absolute atomic E-state index is 12.3. The van der Waals surface area contributed by atoms with Crippen LogP contribution in [0.5, 0.6) is 5.75 Å². The topological polar surface area (TPSA) is 35.5 Å². The molecule has 0 fully saturated rings. The Labute approximate surface area is 179 Å². The molecular formula is C23H16BrF3O3. The number of hydrogen-bond donors (Lipinski definition) is 0. The van der Waals surface area contributed by atoms with Crippen LogP contribution >= 0.6 is 15.9 Å². The van der Waals surface area contributed by atoms with E-state index < -0.39 is 12.3 Å². The summed E-state index contributed by atoms with van der Waals surface area (Å²) in [6, 6.07) is 18.3. The van der Waals surface area contributed by atoms with Gasteiger partial charge in [0.1, 0.15) is 5.75 Å². The summed E-state index contributed by atoms with van der Waals surface area (Å²) in [4.78, 5) is 11.5. The summed E-state index contributed by atoms with van der Waals surface area (Å²) in [5.41, 5.74) is 3.86.